The minimum atomic E-state index is -1.04. The fourth-order valence-electron chi connectivity index (χ4n) is 5.99. The summed E-state index contributed by atoms with van der Waals surface area (Å²) in [7, 11) is 0. The number of fused-ring (bicyclic) bond motifs is 1. The van der Waals surface area contributed by atoms with Gasteiger partial charge in [-0.3, -0.25) is 19.2 Å². The van der Waals surface area contributed by atoms with Crippen molar-refractivity contribution in [3.05, 3.63) is 48.0 Å². The van der Waals surface area contributed by atoms with Crippen LogP contribution in [0.25, 0.3) is 0 Å². The van der Waals surface area contributed by atoms with Crippen LogP contribution in [0.2, 0.25) is 0 Å². The first-order chi connectivity index (χ1) is 19.2. The van der Waals surface area contributed by atoms with Crippen LogP contribution in [0.5, 0.6) is 0 Å². The highest BCUT2D eigenvalue weighted by Gasteiger charge is 2.42. The van der Waals surface area contributed by atoms with Crippen molar-refractivity contribution >= 4 is 23.6 Å². The van der Waals surface area contributed by atoms with E-state index < -0.39 is 23.6 Å². The van der Waals surface area contributed by atoms with Gasteiger partial charge in [0.2, 0.25) is 23.6 Å². The van der Waals surface area contributed by atoms with Crippen LogP contribution in [0.3, 0.4) is 0 Å². The zero-order valence-corrected chi connectivity index (χ0v) is 23.4. The molecule has 2 fully saturated rings. The van der Waals surface area contributed by atoms with Gasteiger partial charge in [-0.15, -0.1) is 0 Å². The maximum absolute atomic E-state index is 13.7. The van der Waals surface area contributed by atoms with E-state index >= 15 is 0 Å². The van der Waals surface area contributed by atoms with E-state index in [2.05, 4.69) is 16.0 Å². The number of nitrogens with one attached hydrogen (secondary N) is 3. The Morgan fingerprint density at radius 1 is 1.15 bits per heavy atom. The molecular weight excluding hydrogens is 512 g/mol. The molecule has 0 unspecified atom stereocenters. The molecule has 4 rings (SSSR count). The second-order valence-electron chi connectivity index (χ2n) is 11.4. The van der Waals surface area contributed by atoms with E-state index in [0.717, 1.165) is 5.56 Å². The Kier molecular flexibility index (Phi) is 9.97. The van der Waals surface area contributed by atoms with Gasteiger partial charge < -0.3 is 30.7 Å². The zero-order valence-electron chi connectivity index (χ0n) is 23.4. The summed E-state index contributed by atoms with van der Waals surface area (Å²) in [5.74, 6) is -1.14. The molecule has 3 heterocycles. The Morgan fingerprint density at radius 2 is 1.88 bits per heavy atom. The molecule has 3 aliphatic rings. The van der Waals surface area contributed by atoms with Gasteiger partial charge in [0, 0.05) is 51.6 Å². The number of aliphatic hydroxyl groups is 1. The van der Waals surface area contributed by atoms with Gasteiger partial charge in [0.25, 0.3) is 0 Å². The highest BCUT2D eigenvalue weighted by atomic mass is 16.5. The number of hydrogen-bond acceptors (Lipinski definition) is 6. The van der Waals surface area contributed by atoms with Crippen molar-refractivity contribution in [3.63, 3.8) is 0 Å². The molecule has 1 aromatic carbocycles. The molecule has 1 aromatic rings. The fourth-order valence-corrected chi connectivity index (χ4v) is 5.99. The van der Waals surface area contributed by atoms with E-state index in [-0.39, 0.29) is 35.6 Å². The standard InChI is InChI=1S/C30H42N4O6/c1-20(35)26(31-21(2)36)28(38)34-15-11-24-23(19-34)10-6-7-12-30(13-16-40-17-14-30)29(39)33-25(27(37)32-24)18-22-8-4-3-5-9-22/h3-9,20,23-26,35H,10-19H2,1-2H3,(H,31,36)(H,32,37)(H,33,39)/b7-6+/t20-,23+,24-,25-,26+/m1/s1. The van der Waals surface area contributed by atoms with Gasteiger partial charge in [-0.1, -0.05) is 42.5 Å². The van der Waals surface area contributed by atoms with Crippen LogP contribution in [0.1, 0.15) is 51.5 Å². The Morgan fingerprint density at radius 3 is 2.55 bits per heavy atom. The predicted octanol–water partition coefficient (Wildman–Crippen LogP) is 1.08. The van der Waals surface area contributed by atoms with E-state index in [1.54, 1.807) is 4.90 Å². The number of ether oxygens (including phenoxy) is 1. The number of piperidine rings is 1. The van der Waals surface area contributed by atoms with Crippen LogP contribution in [0.4, 0.5) is 0 Å². The average molecular weight is 555 g/mol. The van der Waals surface area contributed by atoms with E-state index in [0.29, 0.717) is 64.8 Å². The van der Waals surface area contributed by atoms with Crippen LogP contribution in [-0.4, -0.2) is 84.2 Å². The van der Waals surface area contributed by atoms with Gasteiger partial charge in [0.05, 0.1) is 11.5 Å². The number of rotatable bonds is 5. The van der Waals surface area contributed by atoms with Crippen molar-refractivity contribution in [2.45, 2.75) is 76.6 Å². The van der Waals surface area contributed by atoms with Crippen molar-refractivity contribution in [3.8, 4) is 0 Å². The highest BCUT2D eigenvalue weighted by Crippen LogP contribution is 2.36. The summed E-state index contributed by atoms with van der Waals surface area (Å²) in [5.41, 5.74) is 0.315. The van der Waals surface area contributed by atoms with Crippen molar-refractivity contribution in [1.29, 1.82) is 0 Å². The number of amides is 4. The number of benzene rings is 1. The first-order valence-corrected chi connectivity index (χ1v) is 14.3. The smallest absolute Gasteiger partial charge is 0.247 e. The van der Waals surface area contributed by atoms with Gasteiger partial charge in [0.1, 0.15) is 12.1 Å². The number of hydrogen-bond donors (Lipinski definition) is 4. The third kappa shape index (κ3) is 7.28. The van der Waals surface area contributed by atoms with Crippen LogP contribution in [0.15, 0.2) is 42.5 Å². The lowest BCUT2D eigenvalue weighted by Crippen LogP contribution is -2.60. The first-order valence-electron chi connectivity index (χ1n) is 14.3. The van der Waals surface area contributed by atoms with Crippen molar-refractivity contribution in [2.24, 2.45) is 11.3 Å². The number of aliphatic hydroxyl groups excluding tert-OH is 1. The first kappa shape index (κ1) is 29.7. The molecule has 10 nitrogen and oxygen atoms in total. The highest BCUT2D eigenvalue weighted by molar-refractivity contribution is 5.91. The maximum atomic E-state index is 13.7. The number of carbonyl (C=O) groups is 4. The number of carbonyl (C=O) groups excluding carboxylic acids is 4. The number of allylic oxidation sites excluding steroid dienone is 2. The molecule has 218 valence electrons. The van der Waals surface area contributed by atoms with Crippen LogP contribution >= 0.6 is 0 Å². The SMILES string of the molecule is CC(=O)N[C@H](C(=O)N1CC[C@H]2NC(=O)[C@@H](Cc3ccccc3)NC(=O)C3(C/C=C/C[C@H]2C1)CCOCC3)[C@@H](C)O. The van der Waals surface area contributed by atoms with E-state index in [9.17, 15) is 24.3 Å². The maximum Gasteiger partial charge on any atom is 0.247 e. The molecule has 0 aromatic heterocycles. The predicted molar refractivity (Wildman–Crippen MR) is 149 cm³/mol. The average Bonchev–Trinajstić information content (AvgIpc) is 2.94. The molecule has 0 aliphatic carbocycles. The molecule has 0 saturated carbocycles. The molecule has 4 amide bonds. The zero-order chi connectivity index (χ0) is 28.7. The summed E-state index contributed by atoms with van der Waals surface area (Å²) in [4.78, 5) is 54.0. The van der Waals surface area contributed by atoms with Crippen molar-refractivity contribution in [2.75, 3.05) is 26.3 Å². The topological polar surface area (TPSA) is 137 Å². The van der Waals surface area contributed by atoms with E-state index in [4.69, 9.17) is 4.74 Å². The molecule has 2 saturated heterocycles. The van der Waals surface area contributed by atoms with Gasteiger partial charge >= 0.3 is 0 Å². The normalized spacial score (nSPS) is 27.6. The molecule has 5 atom stereocenters. The summed E-state index contributed by atoms with van der Waals surface area (Å²) in [6, 6.07) is 7.69. The molecule has 1 spiro atoms. The summed E-state index contributed by atoms with van der Waals surface area (Å²) in [6.45, 7) is 4.56. The van der Waals surface area contributed by atoms with Gasteiger partial charge in [-0.25, -0.2) is 0 Å². The number of likely N-dealkylation sites (tertiary alicyclic amines) is 1. The monoisotopic (exact) mass is 554 g/mol. The summed E-state index contributed by atoms with van der Waals surface area (Å²) in [6.07, 6.45) is 6.29. The Bertz CT molecular complexity index is 1080. The molecule has 3 aliphatic heterocycles. The van der Waals surface area contributed by atoms with Crippen molar-refractivity contribution < 1.29 is 29.0 Å². The third-order valence-electron chi connectivity index (χ3n) is 8.43. The quantitative estimate of drug-likeness (QED) is 0.402. The number of nitrogens with zero attached hydrogens (tertiary/aromatic N) is 1. The lowest BCUT2D eigenvalue weighted by atomic mass is 9.75. The second kappa shape index (κ2) is 13.4. The van der Waals surface area contributed by atoms with Gasteiger partial charge in [-0.05, 0) is 44.6 Å². The molecule has 40 heavy (non-hydrogen) atoms. The Balaban J connectivity index is 1.58. The van der Waals surface area contributed by atoms with Crippen LogP contribution in [-0.2, 0) is 30.3 Å². The second-order valence-corrected chi connectivity index (χ2v) is 11.4. The summed E-state index contributed by atoms with van der Waals surface area (Å²) < 4.78 is 5.56. The summed E-state index contributed by atoms with van der Waals surface area (Å²) in [5, 5.41) is 19.0. The fraction of sp³-hybridized carbons (Fsp3) is 0.600. The van der Waals surface area contributed by atoms with E-state index in [1.165, 1.54) is 13.8 Å². The molecule has 0 bridgehead atoms. The Labute approximate surface area is 235 Å². The van der Waals surface area contributed by atoms with Gasteiger partial charge in [-0.2, -0.15) is 0 Å². The van der Waals surface area contributed by atoms with Crippen LogP contribution in [0, 0.1) is 11.3 Å². The minimum absolute atomic E-state index is 0.0666. The molecular formula is C30H42N4O6. The van der Waals surface area contributed by atoms with Crippen molar-refractivity contribution in [1.82, 2.24) is 20.9 Å². The molecule has 0 radical (unpaired) electrons. The minimum Gasteiger partial charge on any atom is -0.391 e. The Hall–Kier alpha value is -3.24. The van der Waals surface area contributed by atoms with E-state index in [1.807, 2.05) is 42.5 Å². The largest absolute Gasteiger partial charge is 0.391 e. The third-order valence-corrected chi connectivity index (χ3v) is 8.43. The summed E-state index contributed by atoms with van der Waals surface area (Å²) >= 11 is 0. The lowest BCUT2D eigenvalue weighted by molar-refractivity contribution is -0.142. The molecule has 10 heteroatoms. The lowest BCUT2D eigenvalue weighted by Gasteiger charge is -2.41. The van der Waals surface area contributed by atoms with Gasteiger partial charge in [0.15, 0.2) is 0 Å². The van der Waals surface area contributed by atoms with Crippen LogP contribution < -0.4 is 16.0 Å². The molecule has 4 N–H and O–H groups in total.